The van der Waals surface area contributed by atoms with Crippen LogP contribution in [0.3, 0.4) is 0 Å². The van der Waals surface area contributed by atoms with Gasteiger partial charge in [0, 0.05) is 17.6 Å². The summed E-state index contributed by atoms with van der Waals surface area (Å²) >= 11 is 6.79. The Kier molecular flexibility index (Phi) is 6.09. The SMILES string of the molecule is O=C(COc1ccc(Br)cc1Br)NCCCn1cnc2ccccc21. The van der Waals surface area contributed by atoms with Crippen LogP contribution >= 0.6 is 31.9 Å². The van der Waals surface area contributed by atoms with Gasteiger partial charge in [0.1, 0.15) is 5.75 Å². The van der Waals surface area contributed by atoms with Gasteiger partial charge in [-0.3, -0.25) is 4.79 Å². The summed E-state index contributed by atoms with van der Waals surface area (Å²) in [6.07, 6.45) is 2.66. The van der Waals surface area contributed by atoms with Gasteiger partial charge in [-0.15, -0.1) is 0 Å². The number of para-hydroxylation sites is 2. The molecule has 0 unspecified atom stereocenters. The number of benzene rings is 2. The highest BCUT2D eigenvalue weighted by Crippen LogP contribution is 2.28. The zero-order valence-electron chi connectivity index (χ0n) is 13.4. The summed E-state index contributed by atoms with van der Waals surface area (Å²) in [5.41, 5.74) is 2.09. The van der Waals surface area contributed by atoms with E-state index in [-0.39, 0.29) is 12.5 Å². The maximum Gasteiger partial charge on any atom is 0.257 e. The van der Waals surface area contributed by atoms with Gasteiger partial charge < -0.3 is 14.6 Å². The number of nitrogens with zero attached hydrogens (tertiary/aromatic N) is 2. The van der Waals surface area contributed by atoms with Crippen LogP contribution in [-0.4, -0.2) is 28.6 Å². The number of amides is 1. The second-order valence-electron chi connectivity index (χ2n) is 5.49. The highest BCUT2D eigenvalue weighted by atomic mass is 79.9. The van der Waals surface area contributed by atoms with Crippen molar-refractivity contribution in [3.63, 3.8) is 0 Å². The molecule has 1 N–H and O–H groups in total. The molecule has 3 aromatic rings. The Labute approximate surface area is 162 Å². The van der Waals surface area contributed by atoms with E-state index < -0.39 is 0 Å². The fraction of sp³-hybridized carbons (Fsp3) is 0.222. The van der Waals surface area contributed by atoms with Gasteiger partial charge in [0.2, 0.25) is 0 Å². The summed E-state index contributed by atoms with van der Waals surface area (Å²) < 4.78 is 9.37. The minimum Gasteiger partial charge on any atom is -0.483 e. The number of hydrogen-bond acceptors (Lipinski definition) is 3. The standard InChI is InChI=1S/C18H17Br2N3O2/c19-13-6-7-17(14(20)10-13)25-11-18(24)21-8-3-9-23-12-22-15-4-1-2-5-16(15)23/h1-2,4-7,10,12H,3,8-9,11H2,(H,21,24). The molecule has 0 bridgehead atoms. The molecule has 0 aliphatic rings. The first-order chi connectivity index (χ1) is 12.1. The van der Waals surface area contributed by atoms with Crippen molar-refractivity contribution in [2.75, 3.05) is 13.2 Å². The fourth-order valence-electron chi connectivity index (χ4n) is 2.45. The Balaban J connectivity index is 1.40. The molecule has 1 aromatic heterocycles. The summed E-state index contributed by atoms with van der Waals surface area (Å²) in [5, 5.41) is 2.87. The van der Waals surface area contributed by atoms with Crippen LogP contribution in [0.1, 0.15) is 6.42 Å². The number of carbonyl (C=O) groups is 1. The Hall–Kier alpha value is -1.86. The largest absolute Gasteiger partial charge is 0.483 e. The van der Waals surface area contributed by atoms with Crippen LogP contribution in [0, 0.1) is 0 Å². The number of carbonyl (C=O) groups excluding carboxylic acids is 1. The normalized spacial score (nSPS) is 10.8. The van der Waals surface area contributed by atoms with Gasteiger partial charge in [0.15, 0.2) is 6.61 Å². The van der Waals surface area contributed by atoms with Gasteiger partial charge in [-0.25, -0.2) is 4.98 Å². The molecule has 0 fully saturated rings. The molecule has 25 heavy (non-hydrogen) atoms. The minimum absolute atomic E-state index is 0.00572. The lowest BCUT2D eigenvalue weighted by Gasteiger charge is -2.09. The van der Waals surface area contributed by atoms with E-state index >= 15 is 0 Å². The number of ether oxygens (including phenoxy) is 1. The van der Waals surface area contributed by atoms with Crippen LogP contribution in [0.25, 0.3) is 11.0 Å². The zero-order chi connectivity index (χ0) is 17.6. The summed E-state index contributed by atoms with van der Waals surface area (Å²) in [7, 11) is 0. The molecule has 1 heterocycles. The van der Waals surface area contributed by atoms with Crippen molar-refractivity contribution >= 4 is 48.8 Å². The summed E-state index contributed by atoms with van der Waals surface area (Å²) in [5.74, 6) is 0.508. The predicted molar refractivity (Wildman–Crippen MR) is 105 cm³/mol. The lowest BCUT2D eigenvalue weighted by molar-refractivity contribution is -0.123. The molecular formula is C18H17Br2N3O2. The van der Waals surface area contributed by atoms with Crippen molar-refractivity contribution in [3.8, 4) is 5.75 Å². The number of aryl methyl sites for hydroxylation is 1. The number of fused-ring (bicyclic) bond motifs is 1. The van der Waals surface area contributed by atoms with Crippen LogP contribution in [-0.2, 0) is 11.3 Å². The fourth-order valence-corrected chi connectivity index (χ4v) is 3.61. The van der Waals surface area contributed by atoms with E-state index in [2.05, 4.69) is 46.7 Å². The molecule has 3 rings (SSSR count). The maximum atomic E-state index is 11.9. The molecule has 0 saturated heterocycles. The zero-order valence-corrected chi connectivity index (χ0v) is 16.6. The van der Waals surface area contributed by atoms with Gasteiger partial charge in [0.25, 0.3) is 5.91 Å². The Morgan fingerprint density at radius 2 is 2.04 bits per heavy atom. The molecular weight excluding hydrogens is 450 g/mol. The van der Waals surface area contributed by atoms with Gasteiger partial charge in [0.05, 0.1) is 21.8 Å². The Morgan fingerprint density at radius 1 is 1.20 bits per heavy atom. The number of halogens is 2. The molecule has 0 aliphatic carbocycles. The molecule has 1 amide bonds. The molecule has 0 radical (unpaired) electrons. The lowest BCUT2D eigenvalue weighted by Crippen LogP contribution is -2.30. The number of imidazole rings is 1. The molecule has 7 heteroatoms. The van der Waals surface area contributed by atoms with E-state index in [4.69, 9.17) is 4.74 Å². The first kappa shape index (κ1) is 17.9. The average molecular weight is 467 g/mol. The molecule has 0 spiro atoms. The average Bonchev–Trinajstić information content (AvgIpc) is 3.01. The van der Waals surface area contributed by atoms with E-state index in [0.29, 0.717) is 12.3 Å². The summed E-state index contributed by atoms with van der Waals surface area (Å²) in [4.78, 5) is 16.2. The Bertz CT molecular complexity index is 880. The first-order valence-electron chi connectivity index (χ1n) is 7.88. The van der Waals surface area contributed by atoms with E-state index in [1.807, 2.05) is 48.8 Å². The second-order valence-corrected chi connectivity index (χ2v) is 7.26. The van der Waals surface area contributed by atoms with Gasteiger partial charge in [-0.1, -0.05) is 28.1 Å². The molecule has 0 saturated carbocycles. The minimum atomic E-state index is -0.134. The third kappa shape index (κ3) is 4.83. The third-order valence-corrected chi connectivity index (χ3v) is 4.79. The molecule has 0 atom stereocenters. The van der Waals surface area contributed by atoms with Crippen molar-refractivity contribution in [2.24, 2.45) is 0 Å². The van der Waals surface area contributed by atoms with E-state index in [9.17, 15) is 4.79 Å². The molecule has 2 aromatic carbocycles. The first-order valence-corrected chi connectivity index (χ1v) is 9.46. The number of rotatable bonds is 7. The van der Waals surface area contributed by atoms with Crippen LogP contribution < -0.4 is 10.1 Å². The number of nitrogens with one attached hydrogen (secondary N) is 1. The summed E-state index contributed by atoms with van der Waals surface area (Å²) in [6.45, 7) is 1.39. The highest BCUT2D eigenvalue weighted by molar-refractivity contribution is 9.11. The van der Waals surface area contributed by atoms with E-state index in [1.165, 1.54) is 0 Å². The van der Waals surface area contributed by atoms with E-state index in [0.717, 1.165) is 32.9 Å². The topological polar surface area (TPSA) is 56.1 Å². The maximum absolute atomic E-state index is 11.9. The van der Waals surface area contributed by atoms with Crippen LogP contribution in [0.2, 0.25) is 0 Å². The number of aromatic nitrogens is 2. The second kappa shape index (κ2) is 8.49. The quantitative estimate of drug-likeness (QED) is 0.532. The van der Waals surface area contributed by atoms with Crippen molar-refractivity contribution in [3.05, 3.63) is 57.7 Å². The van der Waals surface area contributed by atoms with Crippen LogP contribution in [0.5, 0.6) is 5.75 Å². The molecule has 0 aliphatic heterocycles. The molecule has 130 valence electrons. The van der Waals surface area contributed by atoms with Gasteiger partial charge in [-0.2, -0.15) is 0 Å². The summed E-state index contributed by atoms with van der Waals surface area (Å²) in [6, 6.07) is 13.6. The van der Waals surface area contributed by atoms with Crippen molar-refractivity contribution in [2.45, 2.75) is 13.0 Å². The third-order valence-electron chi connectivity index (χ3n) is 3.68. The van der Waals surface area contributed by atoms with Crippen LogP contribution in [0.4, 0.5) is 0 Å². The Morgan fingerprint density at radius 3 is 2.88 bits per heavy atom. The molecule has 5 nitrogen and oxygen atoms in total. The predicted octanol–water partition coefficient (Wildman–Crippen LogP) is 4.15. The van der Waals surface area contributed by atoms with Gasteiger partial charge in [-0.05, 0) is 52.7 Å². The highest BCUT2D eigenvalue weighted by Gasteiger charge is 2.06. The lowest BCUT2D eigenvalue weighted by atomic mass is 10.3. The van der Waals surface area contributed by atoms with Crippen LogP contribution in [0.15, 0.2) is 57.7 Å². The number of hydrogen-bond donors (Lipinski definition) is 1. The van der Waals surface area contributed by atoms with E-state index in [1.54, 1.807) is 0 Å². The van der Waals surface area contributed by atoms with Gasteiger partial charge >= 0.3 is 0 Å². The van der Waals surface area contributed by atoms with Crippen molar-refractivity contribution in [1.29, 1.82) is 0 Å². The van der Waals surface area contributed by atoms with Crippen molar-refractivity contribution in [1.82, 2.24) is 14.9 Å². The smallest absolute Gasteiger partial charge is 0.257 e. The monoisotopic (exact) mass is 465 g/mol. The van der Waals surface area contributed by atoms with Crippen molar-refractivity contribution < 1.29 is 9.53 Å².